The Kier molecular flexibility index (Phi) is 4.06. The predicted octanol–water partition coefficient (Wildman–Crippen LogP) is 2.18. The minimum Gasteiger partial charge on any atom is -0.509 e. The molecule has 0 amide bonds. The van der Waals surface area contributed by atoms with Gasteiger partial charge < -0.3 is 20.4 Å². The summed E-state index contributed by atoms with van der Waals surface area (Å²) < 4.78 is 0. The van der Waals surface area contributed by atoms with E-state index in [0.717, 1.165) is 6.92 Å². The minimum atomic E-state index is -1.54. The fraction of sp³-hybridized carbons (Fsp3) is 0.318. The topological polar surface area (TPSA) is 132 Å². The average Bonchev–Trinajstić information content (AvgIpc) is 2.65. The third-order valence-corrected chi connectivity index (χ3v) is 6.23. The van der Waals surface area contributed by atoms with E-state index in [2.05, 4.69) is 0 Å². The second-order valence-electron chi connectivity index (χ2n) is 7.82. The van der Waals surface area contributed by atoms with Crippen molar-refractivity contribution in [2.45, 2.75) is 33.3 Å². The van der Waals surface area contributed by atoms with Gasteiger partial charge in [-0.05, 0) is 49.3 Å². The second kappa shape index (κ2) is 6.15. The monoisotopic (exact) mass is 396 g/mol. The van der Waals surface area contributed by atoms with Crippen LogP contribution >= 0.6 is 0 Å². The molecule has 2 aromatic carbocycles. The van der Waals surface area contributed by atoms with Crippen molar-refractivity contribution in [2.24, 2.45) is 11.8 Å². The maximum Gasteiger partial charge on any atom is 0.181 e. The molecule has 2 aromatic rings. The number of ketones is 3. The predicted molar refractivity (Wildman–Crippen MR) is 103 cm³/mol. The van der Waals surface area contributed by atoms with E-state index >= 15 is 0 Å². The molecule has 4 rings (SSSR count). The Hall–Kier alpha value is -3.19. The van der Waals surface area contributed by atoms with Crippen LogP contribution in [0.2, 0.25) is 0 Å². The van der Waals surface area contributed by atoms with Gasteiger partial charge >= 0.3 is 0 Å². The Morgan fingerprint density at radius 1 is 1.03 bits per heavy atom. The van der Waals surface area contributed by atoms with Gasteiger partial charge in [0.05, 0.1) is 16.9 Å². The van der Waals surface area contributed by atoms with E-state index in [9.17, 15) is 34.8 Å². The molecule has 0 heterocycles. The van der Waals surface area contributed by atoms with Crippen LogP contribution in [0.25, 0.3) is 10.8 Å². The minimum absolute atomic E-state index is 0.0534. The number of aliphatic hydroxyl groups excluding tert-OH is 2. The Morgan fingerprint density at radius 2 is 1.69 bits per heavy atom. The summed E-state index contributed by atoms with van der Waals surface area (Å²) in [5.74, 6) is -5.94. The van der Waals surface area contributed by atoms with Crippen LogP contribution in [0.5, 0.6) is 11.5 Å². The number of aryl methyl sites for hydroxylation is 2. The molecule has 3 atom stereocenters. The zero-order valence-corrected chi connectivity index (χ0v) is 16.1. The molecule has 0 spiro atoms. The number of aliphatic hydroxyl groups is 2. The van der Waals surface area contributed by atoms with Gasteiger partial charge in [-0.25, -0.2) is 0 Å². The highest BCUT2D eigenvalue weighted by Gasteiger charge is 2.52. The first kappa shape index (κ1) is 19.1. The van der Waals surface area contributed by atoms with Crippen molar-refractivity contribution in [1.82, 2.24) is 0 Å². The van der Waals surface area contributed by atoms with Gasteiger partial charge in [-0.3, -0.25) is 14.4 Å². The molecule has 0 bridgehead atoms. The van der Waals surface area contributed by atoms with Crippen LogP contribution in [0.1, 0.15) is 34.0 Å². The van der Waals surface area contributed by atoms with Crippen molar-refractivity contribution in [1.29, 1.82) is 0 Å². The lowest BCUT2D eigenvalue weighted by atomic mass is 9.64. The first-order valence-corrected chi connectivity index (χ1v) is 9.25. The molecule has 3 unspecified atom stereocenters. The number of hydrogen-bond donors (Lipinski definition) is 4. The number of allylic oxidation sites excluding steroid dienone is 1. The molecule has 0 aromatic heterocycles. The Balaban J connectivity index is 2.02. The standard InChI is InChI=1S/C22H20O7/c1-7-4-5-10-8(2)11-6-12-16(19(26)13(9(3)23)22(29)18(12)25)21(28)15(11)20(27)14(10)17(7)24/h4-5,12,16,18,24-25,27,29H,6H2,1-3H3. The molecular weight excluding hydrogens is 376 g/mol. The number of phenolic OH excluding ortho intramolecular Hbond substituents is 2. The van der Waals surface area contributed by atoms with Crippen molar-refractivity contribution in [2.75, 3.05) is 0 Å². The van der Waals surface area contributed by atoms with Crippen molar-refractivity contribution in [3.05, 3.63) is 45.7 Å². The fourth-order valence-corrected chi connectivity index (χ4v) is 4.68. The van der Waals surface area contributed by atoms with Crippen LogP contribution in [0, 0.1) is 25.7 Å². The van der Waals surface area contributed by atoms with Crippen molar-refractivity contribution in [3.63, 3.8) is 0 Å². The zero-order valence-electron chi connectivity index (χ0n) is 16.1. The molecule has 7 nitrogen and oxygen atoms in total. The third-order valence-electron chi connectivity index (χ3n) is 6.23. The smallest absolute Gasteiger partial charge is 0.181 e. The molecule has 29 heavy (non-hydrogen) atoms. The summed E-state index contributed by atoms with van der Waals surface area (Å²) in [5.41, 5.74) is 0.947. The Bertz CT molecular complexity index is 1170. The van der Waals surface area contributed by atoms with Gasteiger partial charge in [-0.15, -0.1) is 0 Å². The van der Waals surface area contributed by atoms with Crippen LogP contribution in [0.15, 0.2) is 23.5 Å². The van der Waals surface area contributed by atoms with Crippen molar-refractivity contribution < 1.29 is 34.8 Å². The lowest BCUT2D eigenvalue weighted by molar-refractivity contribution is -0.126. The van der Waals surface area contributed by atoms with E-state index in [1.165, 1.54) is 0 Å². The largest absolute Gasteiger partial charge is 0.509 e. The summed E-state index contributed by atoms with van der Waals surface area (Å²) in [6, 6.07) is 3.42. The van der Waals surface area contributed by atoms with E-state index in [0.29, 0.717) is 22.1 Å². The van der Waals surface area contributed by atoms with E-state index < -0.39 is 52.4 Å². The molecule has 7 heteroatoms. The summed E-state index contributed by atoms with van der Waals surface area (Å²) >= 11 is 0. The number of Topliss-reactive ketones (excluding diaryl/α,β-unsaturated/α-hetero) is 3. The molecule has 0 saturated carbocycles. The summed E-state index contributed by atoms with van der Waals surface area (Å²) in [5, 5.41) is 42.8. The molecule has 4 N–H and O–H groups in total. The number of rotatable bonds is 1. The highest BCUT2D eigenvalue weighted by atomic mass is 16.3. The number of fused-ring (bicyclic) bond motifs is 3. The van der Waals surface area contributed by atoms with Gasteiger partial charge in [-0.1, -0.05) is 12.1 Å². The van der Waals surface area contributed by atoms with Gasteiger partial charge in [-0.2, -0.15) is 0 Å². The van der Waals surface area contributed by atoms with E-state index in [1.54, 1.807) is 26.0 Å². The maximum atomic E-state index is 13.3. The molecule has 0 radical (unpaired) electrons. The number of carbonyl (C=O) groups is 3. The fourth-order valence-electron chi connectivity index (χ4n) is 4.68. The van der Waals surface area contributed by atoms with Crippen molar-refractivity contribution >= 4 is 28.1 Å². The van der Waals surface area contributed by atoms with Crippen LogP contribution in [0.3, 0.4) is 0 Å². The number of carbonyl (C=O) groups excluding carboxylic acids is 3. The summed E-state index contributed by atoms with van der Waals surface area (Å²) in [6.07, 6.45) is -1.49. The van der Waals surface area contributed by atoms with Gasteiger partial charge in [0.2, 0.25) is 0 Å². The number of benzene rings is 2. The normalized spacial score (nSPS) is 23.9. The summed E-state index contributed by atoms with van der Waals surface area (Å²) in [6.45, 7) is 4.47. The van der Waals surface area contributed by atoms with Gasteiger partial charge in [0.1, 0.15) is 28.9 Å². The summed E-state index contributed by atoms with van der Waals surface area (Å²) in [7, 11) is 0. The second-order valence-corrected chi connectivity index (χ2v) is 7.82. The lowest BCUT2D eigenvalue weighted by Gasteiger charge is -2.38. The number of aromatic hydroxyl groups is 2. The quantitative estimate of drug-likeness (QED) is 0.429. The molecule has 0 fully saturated rings. The third kappa shape index (κ3) is 2.37. The van der Waals surface area contributed by atoms with Crippen molar-refractivity contribution in [3.8, 4) is 11.5 Å². The zero-order chi connectivity index (χ0) is 21.4. The van der Waals surface area contributed by atoms with Crippen LogP contribution < -0.4 is 0 Å². The number of hydrogen-bond acceptors (Lipinski definition) is 7. The van der Waals surface area contributed by atoms with Crippen LogP contribution in [-0.2, 0) is 16.0 Å². The molecule has 2 aliphatic carbocycles. The van der Waals surface area contributed by atoms with E-state index in [4.69, 9.17) is 0 Å². The molecule has 0 saturated heterocycles. The molecule has 2 aliphatic rings. The average molecular weight is 396 g/mol. The maximum absolute atomic E-state index is 13.3. The van der Waals surface area contributed by atoms with Gasteiger partial charge in [0.15, 0.2) is 17.3 Å². The van der Waals surface area contributed by atoms with E-state index in [1.807, 2.05) is 0 Å². The number of phenols is 2. The Morgan fingerprint density at radius 3 is 2.31 bits per heavy atom. The highest BCUT2D eigenvalue weighted by Crippen LogP contribution is 2.48. The lowest BCUT2D eigenvalue weighted by Crippen LogP contribution is -2.49. The van der Waals surface area contributed by atoms with Crippen LogP contribution in [0.4, 0.5) is 0 Å². The molecule has 0 aliphatic heterocycles. The molecule has 150 valence electrons. The van der Waals surface area contributed by atoms with E-state index in [-0.39, 0.29) is 23.1 Å². The summed E-state index contributed by atoms with van der Waals surface area (Å²) in [4.78, 5) is 38.0. The highest BCUT2D eigenvalue weighted by molar-refractivity contribution is 6.29. The van der Waals surface area contributed by atoms with Crippen LogP contribution in [-0.4, -0.2) is 43.9 Å². The first-order valence-electron chi connectivity index (χ1n) is 9.25. The van der Waals surface area contributed by atoms with Gasteiger partial charge in [0, 0.05) is 5.92 Å². The first-order chi connectivity index (χ1) is 13.6. The Labute approximate surface area is 165 Å². The SMILES string of the molecule is CC(=O)C1=C(O)C(O)C2Cc3c(c(O)c4c(O)c(C)ccc4c3C)C(=O)C2C1=O. The molecular formula is C22H20O7. The van der Waals surface area contributed by atoms with Gasteiger partial charge in [0.25, 0.3) is 0 Å².